The maximum Gasteiger partial charge on any atom is 0.240 e. The second-order valence-corrected chi connectivity index (χ2v) is 8.56. The van der Waals surface area contributed by atoms with Crippen LogP contribution in [0.4, 0.5) is 0 Å². The van der Waals surface area contributed by atoms with Gasteiger partial charge in [0.25, 0.3) is 0 Å². The number of nitrogens with zero attached hydrogens (tertiary/aromatic N) is 1. The summed E-state index contributed by atoms with van der Waals surface area (Å²) >= 11 is 0. The van der Waals surface area contributed by atoms with E-state index in [1.807, 2.05) is 45.3 Å². The maximum atomic E-state index is 12.2. The number of sulfonamides is 1. The zero-order valence-corrected chi connectivity index (χ0v) is 16.8. The number of benzene rings is 2. The van der Waals surface area contributed by atoms with E-state index < -0.39 is 10.0 Å². The predicted molar refractivity (Wildman–Crippen MR) is 107 cm³/mol. The molecule has 0 unspecified atom stereocenters. The summed E-state index contributed by atoms with van der Waals surface area (Å²) in [5.41, 5.74) is 3.20. The molecule has 27 heavy (non-hydrogen) atoms. The molecule has 0 aliphatic heterocycles. The number of carbonyl (C=O) groups is 1. The number of nitrogens with one attached hydrogen (secondary N) is 2. The zero-order valence-electron chi connectivity index (χ0n) is 16.0. The van der Waals surface area contributed by atoms with Gasteiger partial charge in [0, 0.05) is 26.1 Å². The van der Waals surface area contributed by atoms with Crippen molar-refractivity contribution in [1.82, 2.24) is 14.9 Å². The van der Waals surface area contributed by atoms with Crippen LogP contribution in [0.15, 0.2) is 53.4 Å². The largest absolute Gasteiger partial charge is 0.352 e. The van der Waals surface area contributed by atoms with Gasteiger partial charge in [0.05, 0.1) is 4.90 Å². The van der Waals surface area contributed by atoms with Crippen LogP contribution in [0, 0.1) is 6.92 Å². The highest BCUT2D eigenvalue weighted by Crippen LogP contribution is 2.10. The summed E-state index contributed by atoms with van der Waals surface area (Å²) in [6.07, 6.45) is 0.0871. The maximum absolute atomic E-state index is 12.2. The van der Waals surface area contributed by atoms with Gasteiger partial charge in [0.15, 0.2) is 0 Å². The zero-order chi connectivity index (χ0) is 19.9. The first-order valence-corrected chi connectivity index (χ1v) is 10.3. The standard InChI is InChI=1S/C20H27N3O3S/c1-16-4-10-19(11-5-16)27(25,26)22-13-12-20(24)21-14-17-6-8-18(9-7-17)15-23(2)3/h4-11,22H,12-15H2,1-3H3,(H,21,24). The number of amides is 1. The van der Waals surface area contributed by atoms with Crippen LogP contribution >= 0.6 is 0 Å². The molecule has 0 saturated carbocycles. The van der Waals surface area contributed by atoms with Crippen LogP contribution in [-0.4, -0.2) is 39.9 Å². The summed E-state index contributed by atoms with van der Waals surface area (Å²) in [4.78, 5) is 14.2. The average Bonchev–Trinajstić information content (AvgIpc) is 2.61. The van der Waals surface area contributed by atoms with Crippen molar-refractivity contribution in [1.29, 1.82) is 0 Å². The third kappa shape index (κ3) is 7.13. The molecule has 2 aromatic carbocycles. The van der Waals surface area contributed by atoms with Crippen LogP contribution in [0.2, 0.25) is 0 Å². The Balaban J connectivity index is 1.75. The van der Waals surface area contributed by atoms with E-state index in [1.54, 1.807) is 24.3 Å². The van der Waals surface area contributed by atoms with E-state index in [9.17, 15) is 13.2 Å². The molecule has 2 N–H and O–H groups in total. The highest BCUT2D eigenvalue weighted by Gasteiger charge is 2.13. The molecule has 0 fully saturated rings. The quantitative estimate of drug-likeness (QED) is 0.688. The normalized spacial score (nSPS) is 11.6. The molecule has 0 spiro atoms. The molecule has 1 amide bonds. The number of aryl methyl sites for hydroxylation is 1. The van der Waals surface area contributed by atoms with Gasteiger partial charge in [-0.1, -0.05) is 42.0 Å². The Kier molecular flexibility index (Phi) is 7.53. The van der Waals surface area contributed by atoms with Gasteiger partial charge in [0.2, 0.25) is 15.9 Å². The lowest BCUT2D eigenvalue weighted by molar-refractivity contribution is -0.121. The van der Waals surface area contributed by atoms with Crippen LogP contribution < -0.4 is 10.0 Å². The fourth-order valence-electron chi connectivity index (χ4n) is 2.52. The van der Waals surface area contributed by atoms with E-state index in [2.05, 4.69) is 14.9 Å². The molecule has 2 rings (SSSR count). The van der Waals surface area contributed by atoms with E-state index in [-0.39, 0.29) is 23.8 Å². The molecule has 2 aromatic rings. The van der Waals surface area contributed by atoms with Crippen molar-refractivity contribution >= 4 is 15.9 Å². The fraction of sp³-hybridized carbons (Fsp3) is 0.350. The van der Waals surface area contributed by atoms with Gasteiger partial charge in [-0.05, 0) is 44.3 Å². The monoisotopic (exact) mass is 389 g/mol. The van der Waals surface area contributed by atoms with E-state index >= 15 is 0 Å². The van der Waals surface area contributed by atoms with E-state index in [0.29, 0.717) is 6.54 Å². The first-order valence-electron chi connectivity index (χ1n) is 8.82. The molecule has 6 nitrogen and oxygen atoms in total. The molecule has 0 aliphatic rings. The van der Waals surface area contributed by atoms with Gasteiger partial charge in [-0.2, -0.15) is 0 Å². The summed E-state index contributed by atoms with van der Waals surface area (Å²) in [5, 5.41) is 2.81. The number of hydrogen-bond donors (Lipinski definition) is 2. The van der Waals surface area contributed by atoms with E-state index in [4.69, 9.17) is 0 Å². The topological polar surface area (TPSA) is 78.5 Å². The van der Waals surface area contributed by atoms with Crippen molar-refractivity contribution in [3.63, 3.8) is 0 Å². The number of carbonyl (C=O) groups excluding carboxylic acids is 1. The van der Waals surface area contributed by atoms with E-state index in [1.165, 1.54) is 5.56 Å². The second-order valence-electron chi connectivity index (χ2n) is 6.79. The molecule has 0 aromatic heterocycles. The summed E-state index contributed by atoms with van der Waals surface area (Å²) in [5.74, 6) is -0.195. The Hall–Kier alpha value is -2.22. The molecule has 0 radical (unpaired) electrons. The molecular weight excluding hydrogens is 362 g/mol. The van der Waals surface area contributed by atoms with Crippen molar-refractivity contribution in [2.24, 2.45) is 0 Å². The van der Waals surface area contributed by atoms with Crippen molar-refractivity contribution < 1.29 is 13.2 Å². The van der Waals surface area contributed by atoms with Gasteiger partial charge in [-0.15, -0.1) is 0 Å². The summed E-state index contributed by atoms with van der Waals surface area (Å²) in [6, 6.07) is 14.6. The van der Waals surface area contributed by atoms with Crippen molar-refractivity contribution in [3.8, 4) is 0 Å². The van der Waals surface area contributed by atoms with Crippen LogP contribution in [0.5, 0.6) is 0 Å². The van der Waals surface area contributed by atoms with Gasteiger partial charge in [-0.25, -0.2) is 13.1 Å². The summed E-state index contributed by atoms with van der Waals surface area (Å²) < 4.78 is 26.8. The summed E-state index contributed by atoms with van der Waals surface area (Å²) in [7, 11) is 0.442. The van der Waals surface area contributed by atoms with Gasteiger partial charge in [-0.3, -0.25) is 4.79 Å². The SMILES string of the molecule is Cc1ccc(S(=O)(=O)NCCC(=O)NCc2ccc(CN(C)C)cc2)cc1. The van der Waals surface area contributed by atoms with Crippen molar-refractivity contribution in [3.05, 3.63) is 65.2 Å². The average molecular weight is 390 g/mol. The van der Waals surface area contributed by atoms with Gasteiger partial charge < -0.3 is 10.2 Å². The highest BCUT2D eigenvalue weighted by atomic mass is 32.2. The Morgan fingerprint density at radius 1 is 0.963 bits per heavy atom. The van der Waals surface area contributed by atoms with Crippen LogP contribution in [0.3, 0.4) is 0 Å². The first kappa shape index (κ1) is 21.1. The lowest BCUT2D eigenvalue weighted by Crippen LogP contribution is -2.30. The third-order valence-electron chi connectivity index (χ3n) is 3.99. The molecule has 146 valence electrons. The van der Waals surface area contributed by atoms with Crippen LogP contribution in [0.1, 0.15) is 23.1 Å². The minimum absolute atomic E-state index is 0.0593. The minimum Gasteiger partial charge on any atom is -0.352 e. The Bertz CT molecular complexity index is 845. The molecule has 0 heterocycles. The first-order chi connectivity index (χ1) is 12.8. The predicted octanol–water partition coefficient (Wildman–Crippen LogP) is 2.04. The van der Waals surface area contributed by atoms with Crippen LogP contribution in [-0.2, 0) is 27.9 Å². The van der Waals surface area contributed by atoms with Crippen molar-refractivity contribution in [2.75, 3.05) is 20.6 Å². The van der Waals surface area contributed by atoms with Gasteiger partial charge >= 0.3 is 0 Å². The highest BCUT2D eigenvalue weighted by molar-refractivity contribution is 7.89. The molecule has 7 heteroatoms. The molecule has 0 saturated heterocycles. The molecule has 0 atom stereocenters. The Morgan fingerprint density at radius 3 is 2.15 bits per heavy atom. The van der Waals surface area contributed by atoms with E-state index in [0.717, 1.165) is 17.7 Å². The summed E-state index contributed by atoms with van der Waals surface area (Å²) in [6.45, 7) is 3.24. The Labute approximate surface area is 161 Å². The molecule has 0 aliphatic carbocycles. The lowest BCUT2D eigenvalue weighted by atomic mass is 10.1. The second kappa shape index (κ2) is 9.64. The number of rotatable bonds is 9. The smallest absolute Gasteiger partial charge is 0.240 e. The number of hydrogen-bond acceptors (Lipinski definition) is 4. The van der Waals surface area contributed by atoms with Crippen LogP contribution in [0.25, 0.3) is 0 Å². The third-order valence-corrected chi connectivity index (χ3v) is 5.46. The lowest BCUT2D eigenvalue weighted by Gasteiger charge is -2.11. The Morgan fingerprint density at radius 2 is 1.56 bits per heavy atom. The fourth-order valence-corrected chi connectivity index (χ4v) is 3.55. The van der Waals surface area contributed by atoms with Gasteiger partial charge in [0.1, 0.15) is 0 Å². The molecule has 0 bridgehead atoms. The van der Waals surface area contributed by atoms with Crippen molar-refractivity contribution in [2.45, 2.75) is 31.3 Å². The minimum atomic E-state index is -3.59. The molecular formula is C20H27N3O3S.